The van der Waals surface area contributed by atoms with Gasteiger partial charge in [-0.2, -0.15) is 0 Å². The summed E-state index contributed by atoms with van der Waals surface area (Å²) in [7, 11) is 0. The van der Waals surface area contributed by atoms with Crippen molar-refractivity contribution in [3.63, 3.8) is 0 Å². The highest BCUT2D eigenvalue weighted by molar-refractivity contribution is 5.84. The third-order valence-electron chi connectivity index (χ3n) is 5.95. The normalized spacial score (nSPS) is 19.8. The summed E-state index contributed by atoms with van der Waals surface area (Å²) >= 11 is 0. The van der Waals surface area contributed by atoms with E-state index in [0.717, 1.165) is 23.2 Å². The molecular weight excluding hydrogens is 334 g/mol. The Labute approximate surface area is 158 Å². The second-order valence-corrected chi connectivity index (χ2v) is 7.83. The van der Waals surface area contributed by atoms with Crippen molar-refractivity contribution in [1.29, 1.82) is 0 Å². The summed E-state index contributed by atoms with van der Waals surface area (Å²) in [5.74, 6) is 0. The molecule has 1 aliphatic carbocycles. The fourth-order valence-corrected chi connectivity index (χ4v) is 4.62. The molecule has 4 nitrogen and oxygen atoms in total. The van der Waals surface area contributed by atoms with Gasteiger partial charge in [-0.25, -0.2) is 4.98 Å². The van der Waals surface area contributed by atoms with Crippen molar-refractivity contribution in [3.05, 3.63) is 75.7 Å². The standard InChI is InChI=1S/C23H23N3O/c27-22-21(24-18-10-4-5-11-19(18)25-22)14-20-17-9-3-2-8-16(17)15-23(26-20)12-6-1-7-13-23/h2-5,8-11,14,26H,1,6-7,12-13,15H2,(H,25,27). The molecule has 4 heteroatoms. The van der Waals surface area contributed by atoms with E-state index in [1.165, 1.54) is 43.2 Å². The van der Waals surface area contributed by atoms with Gasteiger partial charge in [-0.3, -0.25) is 4.79 Å². The fourth-order valence-electron chi connectivity index (χ4n) is 4.62. The molecule has 0 unspecified atom stereocenters. The number of rotatable bonds is 1. The molecule has 1 fully saturated rings. The van der Waals surface area contributed by atoms with Gasteiger partial charge in [-0.1, -0.05) is 55.7 Å². The molecule has 2 heterocycles. The first kappa shape index (κ1) is 16.3. The molecule has 136 valence electrons. The predicted molar refractivity (Wildman–Crippen MR) is 109 cm³/mol. The average molecular weight is 357 g/mol. The highest BCUT2D eigenvalue weighted by atomic mass is 16.1. The summed E-state index contributed by atoms with van der Waals surface area (Å²) in [6.07, 6.45) is 9.19. The van der Waals surface area contributed by atoms with Crippen molar-refractivity contribution in [2.24, 2.45) is 0 Å². The first-order chi connectivity index (χ1) is 13.2. The Morgan fingerprint density at radius 1 is 0.963 bits per heavy atom. The summed E-state index contributed by atoms with van der Waals surface area (Å²) in [5.41, 5.74) is 5.56. The molecule has 1 aliphatic heterocycles. The smallest absolute Gasteiger partial charge is 0.274 e. The number of aromatic amines is 1. The van der Waals surface area contributed by atoms with E-state index < -0.39 is 0 Å². The second kappa shape index (κ2) is 6.38. The predicted octanol–water partition coefficient (Wildman–Crippen LogP) is 4.27. The maximum absolute atomic E-state index is 12.6. The third kappa shape index (κ3) is 2.95. The Morgan fingerprint density at radius 2 is 1.74 bits per heavy atom. The number of benzene rings is 2. The number of aromatic nitrogens is 2. The van der Waals surface area contributed by atoms with Crippen LogP contribution in [0, 0.1) is 0 Å². The van der Waals surface area contributed by atoms with E-state index in [0.29, 0.717) is 5.69 Å². The summed E-state index contributed by atoms with van der Waals surface area (Å²) in [4.78, 5) is 20.2. The Hall–Kier alpha value is -2.88. The number of fused-ring (bicyclic) bond motifs is 2. The molecule has 5 rings (SSSR count). The largest absolute Gasteiger partial charge is 0.379 e. The Morgan fingerprint density at radius 3 is 2.63 bits per heavy atom. The van der Waals surface area contributed by atoms with Crippen LogP contribution >= 0.6 is 0 Å². The van der Waals surface area contributed by atoms with Crippen molar-refractivity contribution in [2.75, 3.05) is 0 Å². The van der Waals surface area contributed by atoms with Crippen molar-refractivity contribution < 1.29 is 0 Å². The van der Waals surface area contributed by atoms with Gasteiger partial charge in [0.05, 0.1) is 11.0 Å². The van der Waals surface area contributed by atoms with Gasteiger partial charge in [0.2, 0.25) is 0 Å². The minimum atomic E-state index is -0.149. The molecular formula is C23H23N3O. The fraction of sp³-hybridized carbons (Fsp3) is 0.304. The lowest BCUT2D eigenvalue weighted by Gasteiger charge is -2.44. The minimum absolute atomic E-state index is 0.113. The molecule has 1 aromatic heterocycles. The van der Waals surface area contributed by atoms with Crippen molar-refractivity contribution in [1.82, 2.24) is 15.3 Å². The Kier molecular flexibility index (Phi) is 3.85. The highest BCUT2D eigenvalue weighted by Gasteiger charge is 2.36. The number of para-hydroxylation sites is 2. The lowest BCUT2D eigenvalue weighted by molar-refractivity contribution is 0.253. The van der Waals surface area contributed by atoms with E-state index in [9.17, 15) is 4.79 Å². The molecule has 0 saturated heterocycles. The zero-order valence-corrected chi connectivity index (χ0v) is 15.3. The molecule has 27 heavy (non-hydrogen) atoms. The molecule has 0 radical (unpaired) electrons. The summed E-state index contributed by atoms with van der Waals surface area (Å²) in [5, 5.41) is 3.82. The van der Waals surface area contributed by atoms with E-state index in [2.05, 4.69) is 39.6 Å². The van der Waals surface area contributed by atoms with Crippen LogP contribution in [-0.2, 0) is 6.42 Å². The molecule has 0 atom stereocenters. The maximum Gasteiger partial charge on any atom is 0.274 e. The number of nitrogens with one attached hydrogen (secondary N) is 2. The van der Waals surface area contributed by atoms with Crippen LogP contribution in [0.15, 0.2) is 53.3 Å². The van der Waals surface area contributed by atoms with E-state index in [1.807, 2.05) is 30.3 Å². The summed E-state index contributed by atoms with van der Waals surface area (Å²) in [6, 6.07) is 16.2. The van der Waals surface area contributed by atoms with E-state index in [4.69, 9.17) is 0 Å². The summed E-state index contributed by atoms with van der Waals surface area (Å²) in [6.45, 7) is 0. The van der Waals surface area contributed by atoms with Crippen molar-refractivity contribution in [3.8, 4) is 0 Å². The first-order valence-electron chi connectivity index (χ1n) is 9.80. The number of hydrogen-bond acceptors (Lipinski definition) is 3. The molecule has 1 saturated carbocycles. The molecule has 2 aliphatic rings. The van der Waals surface area contributed by atoms with Gasteiger partial charge in [0.15, 0.2) is 0 Å². The van der Waals surface area contributed by atoms with Crippen LogP contribution < -0.4 is 10.9 Å². The van der Waals surface area contributed by atoms with E-state index >= 15 is 0 Å². The van der Waals surface area contributed by atoms with Gasteiger partial charge in [0.25, 0.3) is 5.56 Å². The van der Waals surface area contributed by atoms with E-state index in [1.54, 1.807) is 0 Å². The van der Waals surface area contributed by atoms with Crippen molar-refractivity contribution >= 4 is 22.8 Å². The second-order valence-electron chi connectivity index (χ2n) is 7.83. The van der Waals surface area contributed by atoms with E-state index in [-0.39, 0.29) is 11.1 Å². The number of H-pyrrole nitrogens is 1. The number of nitrogens with zero attached hydrogens (tertiary/aromatic N) is 1. The highest BCUT2D eigenvalue weighted by Crippen LogP contribution is 2.39. The van der Waals surface area contributed by atoms with Crippen LogP contribution in [-0.4, -0.2) is 15.5 Å². The van der Waals surface area contributed by atoms with Gasteiger partial charge in [-0.05, 0) is 43.0 Å². The van der Waals surface area contributed by atoms with Gasteiger partial charge in [0, 0.05) is 16.8 Å². The van der Waals surface area contributed by atoms with Gasteiger partial charge < -0.3 is 10.3 Å². The quantitative estimate of drug-likeness (QED) is 0.684. The molecule has 2 aromatic carbocycles. The van der Waals surface area contributed by atoms with Crippen LogP contribution in [0.1, 0.15) is 48.9 Å². The van der Waals surface area contributed by atoms with Crippen LogP contribution in [0.5, 0.6) is 0 Å². The van der Waals surface area contributed by atoms with Crippen LogP contribution in [0.4, 0.5) is 0 Å². The molecule has 0 bridgehead atoms. The minimum Gasteiger partial charge on any atom is -0.379 e. The molecule has 2 N–H and O–H groups in total. The van der Waals surface area contributed by atoms with Gasteiger partial charge >= 0.3 is 0 Å². The Bertz CT molecular complexity index is 1090. The zero-order chi connectivity index (χ0) is 18.3. The maximum atomic E-state index is 12.6. The summed E-state index contributed by atoms with van der Waals surface area (Å²) < 4.78 is 0. The molecule has 1 spiro atoms. The first-order valence-corrected chi connectivity index (χ1v) is 9.80. The third-order valence-corrected chi connectivity index (χ3v) is 5.95. The molecule has 0 amide bonds. The van der Waals surface area contributed by atoms with Gasteiger partial charge in [0.1, 0.15) is 5.69 Å². The van der Waals surface area contributed by atoms with Crippen molar-refractivity contribution in [2.45, 2.75) is 44.1 Å². The zero-order valence-electron chi connectivity index (χ0n) is 15.3. The molecule has 3 aromatic rings. The van der Waals surface area contributed by atoms with Gasteiger partial charge in [-0.15, -0.1) is 0 Å². The van der Waals surface area contributed by atoms with Crippen LogP contribution in [0.2, 0.25) is 0 Å². The monoisotopic (exact) mass is 357 g/mol. The SMILES string of the molecule is O=c1[nH]c2ccccc2nc1C=C1NC2(CCCCC2)Cc2ccccc21. The van der Waals surface area contributed by atoms with Crippen LogP contribution in [0.25, 0.3) is 22.8 Å². The van der Waals surface area contributed by atoms with Crippen LogP contribution in [0.3, 0.4) is 0 Å². The lowest BCUT2D eigenvalue weighted by Crippen LogP contribution is -2.50. The number of hydrogen-bond donors (Lipinski definition) is 2. The average Bonchev–Trinajstić information content (AvgIpc) is 2.69. The lowest BCUT2D eigenvalue weighted by atomic mass is 9.74. The Balaban J connectivity index is 1.64. The topological polar surface area (TPSA) is 57.8 Å².